The minimum Gasteiger partial charge on any atom is -0.480 e. The second-order valence-corrected chi connectivity index (χ2v) is 8.68. The Hall–Kier alpha value is -1.24. The molecule has 6 heteroatoms. The van der Waals surface area contributed by atoms with Gasteiger partial charge < -0.3 is 14.9 Å². The number of benzene rings is 1. The summed E-state index contributed by atoms with van der Waals surface area (Å²) in [5.41, 5.74) is 2.39. The maximum Gasteiger partial charge on any atom is 0.322 e. The normalized spacial score (nSPS) is 28.0. The highest BCUT2D eigenvalue weighted by molar-refractivity contribution is 8.01. The molecule has 2 heterocycles. The smallest absolute Gasteiger partial charge is 0.322 e. The summed E-state index contributed by atoms with van der Waals surface area (Å²) >= 11 is 1.69. The van der Waals surface area contributed by atoms with Gasteiger partial charge >= 0.3 is 5.97 Å². The molecule has 1 aromatic carbocycles. The van der Waals surface area contributed by atoms with Crippen molar-refractivity contribution in [2.24, 2.45) is 0 Å². The van der Waals surface area contributed by atoms with E-state index in [1.165, 1.54) is 5.69 Å². The van der Waals surface area contributed by atoms with E-state index in [1.807, 2.05) is 13.8 Å². The number of nitrogens with zero attached hydrogens (tertiary/aromatic N) is 2. The Kier molecular flexibility index (Phi) is 4.58. The van der Waals surface area contributed by atoms with Crippen molar-refractivity contribution < 1.29 is 9.90 Å². The largest absolute Gasteiger partial charge is 0.480 e. The first-order valence-corrected chi connectivity index (χ1v) is 8.95. The van der Waals surface area contributed by atoms with Gasteiger partial charge in [0.25, 0.3) is 0 Å². The maximum atomic E-state index is 11.4. The molecule has 0 amide bonds. The lowest BCUT2D eigenvalue weighted by Crippen LogP contribution is -2.44. The van der Waals surface area contributed by atoms with Crippen LogP contribution in [0.25, 0.3) is 0 Å². The zero-order chi connectivity index (χ0) is 16.6. The fourth-order valence-corrected chi connectivity index (χ4v) is 4.63. The second kappa shape index (κ2) is 6.34. The van der Waals surface area contributed by atoms with Crippen molar-refractivity contribution in [2.75, 3.05) is 38.1 Å². The molecule has 0 aliphatic carbocycles. The van der Waals surface area contributed by atoms with Crippen LogP contribution in [0.15, 0.2) is 24.3 Å². The minimum absolute atomic E-state index is 0.0349. The average molecular weight is 335 g/mol. The third-order valence-electron chi connectivity index (χ3n) is 4.75. The van der Waals surface area contributed by atoms with Crippen molar-refractivity contribution in [2.45, 2.75) is 30.0 Å². The van der Waals surface area contributed by atoms with Gasteiger partial charge in [-0.1, -0.05) is 12.1 Å². The van der Waals surface area contributed by atoms with Crippen molar-refractivity contribution in [3.63, 3.8) is 0 Å². The fraction of sp³-hybridized carbons (Fsp3) is 0.588. The van der Waals surface area contributed by atoms with Crippen molar-refractivity contribution in [3.8, 4) is 0 Å². The van der Waals surface area contributed by atoms with Crippen LogP contribution in [0.2, 0.25) is 0 Å². The number of likely N-dealkylation sites (N-methyl/N-ethyl adjacent to an activating group) is 1. The number of nitrogens with one attached hydrogen (secondary N) is 1. The minimum atomic E-state index is -0.779. The zero-order valence-electron chi connectivity index (χ0n) is 14.0. The number of hydrogen-bond acceptors (Lipinski definition) is 5. The molecule has 2 saturated heterocycles. The highest BCUT2D eigenvalue weighted by atomic mass is 32.2. The van der Waals surface area contributed by atoms with Crippen LogP contribution >= 0.6 is 11.8 Å². The quantitative estimate of drug-likeness (QED) is 0.881. The van der Waals surface area contributed by atoms with Crippen LogP contribution < -0.4 is 10.2 Å². The van der Waals surface area contributed by atoms with E-state index in [9.17, 15) is 9.90 Å². The van der Waals surface area contributed by atoms with Crippen molar-refractivity contribution in [3.05, 3.63) is 29.8 Å². The van der Waals surface area contributed by atoms with Gasteiger partial charge in [0, 0.05) is 36.6 Å². The summed E-state index contributed by atoms with van der Waals surface area (Å²) in [4.78, 5) is 16.1. The summed E-state index contributed by atoms with van der Waals surface area (Å²) in [6.07, 6.45) is 0. The SMILES string of the molecule is CN1CCN(c2ccc(C3N[C@@H](C(=O)O)C(C)(C)S3)cc2)CC1. The van der Waals surface area contributed by atoms with Crippen molar-refractivity contribution in [1.29, 1.82) is 0 Å². The molecule has 23 heavy (non-hydrogen) atoms. The molecular weight excluding hydrogens is 310 g/mol. The number of carboxylic acid groups (broad SMARTS) is 1. The third-order valence-corrected chi connectivity index (χ3v) is 6.23. The Bertz CT molecular complexity index is 568. The molecule has 2 N–H and O–H groups in total. The molecule has 1 aromatic rings. The number of anilines is 1. The number of carboxylic acids is 1. The van der Waals surface area contributed by atoms with Crippen LogP contribution in [-0.2, 0) is 4.79 Å². The lowest BCUT2D eigenvalue weighted by atomic mass is 10.0. The second-order valence-electron chi connectivity index (χ2n) is 6.92. The van der Waals surface area contributed by atoms with E-state index in [0.717, 1.165) is 31.7 Å². The van der Waals surface area contributed by atoms with Crippen molar-refractivity contribution in [1.82, 2.24) is 10.2 Å². The maximum absolute atomic E-state index is 11.4. The molecule has 2 atom stereocenters. The monoisotopic (exact) mass is 335 g/mol. The van der Waals surface area contributed by atoms with E-state index in [-0.39, 0.29) is 10.1 Å². The van der Waals surface area contributed by atoms with Gasteiger partial charge in [0.15, 0.2) is 0 Å². The molecule has 1 unspecified atom stereocenters. The predicted octanol–water partition coefficient (Wildman–Crippen LogP) is 2.01. The Morgan fingerprint density at radius 2 is 1.83 bits per heavy atom. The van der Waals surface area contributed by atoms with Gasteiger partial charge in [0.1, 0.15) is 6.04 Å². The Morgan fingerprint density at radius 1 is 1.22 bits per heavy atom. The molecule has 0 spiro atoms. The van der Waals surface area contributed by atoms with E-state index < -0.39 is 12.0 Å². The van der Waals surface area contributed by atoms with E-state index >= 15 is 0 Å². The number of piperazine rings is 1. The van der Waals surface area contributed by atoms with Gasteiger partial charge in [-0.2, -0.15) is 0 Å². The number of rotatable bonds is 3. The van der Waals surface area contributed by atoms with E-state index in [1.54, 1.807) is 11.8 Å². The average Bonchev–Trinajstić information content (AvgIpc) is 2.84. The lowest BCUT2D eigenvalue weighted by molar-refractivity contribution is -0.139. The van der Waals surface area contributed by atoms with Crippen LogP contribution in [0.5, 0.6) is 0 Å². The summed E-state index contributed by atoms with van der Waals surface area (Å²) in [6.45, 7) is 8.28. The van der Waals surface area contributed by atoms with Gasteiger partial charge in [-0.15, -0.1) is 11.8 Å². The van der Waals surface area contributed by atoms with Gasteiger partial charge in [-0.05, 0) is 38.6 Å². The first kappa shape index (κ1) is 16.6. The number of carbonyl (C=O) groups is 1. The van der Waals surface area contributed by atoms with E-state index in [0.29, 0.717) is 0 Å². The number of hydrogen-bond donors (Lipinski definition) is 2. The molecule has 2 aliphatic rings. The molecule has 2 fully saturated rings. The van der Waals surface area contributed by atoms with E-state index in [2.05, 4.69) is 46.4 Å². The van der Waals surface area contributed by atoms with Crippen LogP contribution in [0, 0.1) is 0 Å². The van der Waals surface area contributed by atoms with Crippen LogP contribution in [0.4, 0.5) is 5.69 Å². The topological polar surface area (TPSA) is 55.8 Å². The van der Waals surface area contributed by atoms with Gasteiger partial charge in [-0.25, -0.2) is 0 Å². The molecule has 0 bridgehead atoms. The predicted molar refractivity (Wildman–Crippen MR) is 95.1 cm³/mol. The lowest BCUT2D eigenvalue weighted by Gasteiger charge is -2.34. The van der Waals surface area contributed by atoms with Gasteiger partial charge in [-0.3, -0.25) is 10.1 Å². The summed E-state index contributed by atoms with van der Waals surface area (Å²) in [6, 6.07) is 8.04. The molecule has 0 saturated carbocycles. The standard InChI is InChI=1S/C17H25N3O2S/c1-17(2)14(16(21)22)18-15(23-17)12-4-6-13(7-5-12)20-10-8-19(3)9-11-20/h4-7,14-15,18H,8-11H2,1-3H3,(H,21,22)/t14-,15?/m0/s1. The van der Waals surface area contributed by atoms with Crippen LogP contribution in [0.3, 0.4) is 0 Å². The number of thioether (sulfide) groups is 1. The Labute approximate surface area is 142 Å². The van der Waals surface area contributed by atoms with Crippen molar-refractivity contribution >= 4 is 23.4 Å². The zero-order valence-corrected chi connectivity index (χ0v) is 14.8. The summed E-state index contributed by atoms with van der Waals surface area (Å²) in [5.74, 6) is -0.779. The molecular formula is C17H25N3O2S. The van der Waals surface area contributed by atoms with Gasteiger partial charge in [0.05, 0.1) is 5.37 Å². The summed E-state index contributed by atoms with van der Waals surface area (Å²) in [7, 11) is 2.16. The number of aliphatic carboxylic acids is 1. The molecule has 126 valence electrons. The van der Waals surface area contributed by atoms with Gasteiger partial charge in [0.2, 0.25) is 0 Å². The first-order chi connectivity index (χ1) is 10.9. The Balaban J connectivity index is 1.69. The first-order valence-electron chi connectivity index (χ1n) is 8.07. The van der Waals surface area contributed by atoms with Crippen LogP contribution in [0.1, 0.15) is 24.8 Å². The molecule has 3 rings (SSSR count). The van der Waals surface area contributed by atoms with Crippen LogP contribution in [-0.4, -0.2) is 60.0 Å². The molecule has 2 aliphatic heterocycles. The molecule has 0 radical (unpaired) electrons. The molecule has 5 nitrogen and oxygen atoms in total. The highest BCUT2D eigenvalue weighted by Crippen LogP contribution is 2.45. The fourth-order valence-electron chi connectivity index (χ4n) is 3.22. The Morgan fingerprint density at radius 3 is 2.35 bits per heavy atom. The third kappa shape index (κ3) is 3.49. The highest BCUT2D eigenvalue weighted by Gasteiger charge is 2.45. The van der Waals surface area contributed by atoms with E-state index in [4.69, 9.17) is 0 Å². The summed E-state index contributed by atoms with van der Waals surface area (Å²) in [5, 5.41) is 12.6. The molecule has 0 aromatic heterocycles. The summed E-state index contributed by atoms with van der Waals surface area (Å²) < 4.78 is -0.313.